The highest BCUT2D eigenvalue weighted by atomic mass is 32.1. The van der Waals surface area contributed by atoms with Crippen molar-refractivity contribution in [2.24, 2.45) is 5.73 Å². The lowest BCUT2D eigenvalue weighted by molar-refractivity contribution is -0.143. The largest absolute Gasteiger partial charge is 0.466 e. The fourth-order valence-electron chi connectivity index (χ4n) is 1.38. The second kappa shape index (κ2) is 6.85. The number of nitrogens with two attached hydrogens (primary N) is 1. The van der Waals surface area contributed by atoms with E-state index in [4.69, 9.17) is 22.7 Å². The minimum Gasteiger partial charge on any atom is -0.466 e. The first-order valence-electron chi connectivity index (χ1n) is 5.43. The predicted octanol–water partition coefficient (Wildman–Crippen LogP) is 1.84. The van der Waals surface area contributed by atoms with Crippen LogP contribution in [-0.4, -0.2) is 17.7 Å². The monoisotopic (exact) mass is 252 g/mol. The number of benzene rings is 1. The molecule has 0 heterocycles. The molecule has 0 fully saturated rings. The number of esters is 1. The lowest BCUT2D eigenvalue weighted by Crippen LogP contribution is -2.18. The van der Waals surface area contributed by atoms with E-state index in [1.807, 2.05) is 24.3 Å². The van der Waals surface area contributed by atoms with Crippen LogP contribution in [0.15, 0.2) is 24.3 Å². The second-order valence-corrected chi connectivity index (χ2v) is 3.93. The van der Waals surface area contributed by atoms with Gasteiger partial charge >= 0.3 is 5.97 Å². The number of rotatable bonds is 5. The fraction of sp³-hybridized carbons (Fsp3) is 0.333. The van der Waals surface area contributed by atoms with Gasteiger partial charge in [-0.3, -0.25) is 4.79 Å². The number of carbonyl (C=O) groups is 1. The molecule has 1 rings (SSSR count). The first kappa shape index (κ1) is 13.4. The zero-order chi connectivity index (χ0) is 12.7. The second-order valence-electron chi connectivity index (χ2n) is 3.49. The van der Waals surface area contributed by atoms with Gasteiger partial charge in [0.15, 0.2) is 5.11 Å². The summed E-state index contributed by atoms with van der Waals surface area (Å²) >= 11 is 4.73. The van der Waals surface area contributed by atoms with E-state index in [0.29, 0.717) is 19.4 Å². The van der Waals surface area contributed by atoms with Crippen LogP contribution in [0.1, 0.15) is 18.9 Å². The van der Waals surface area contributed by atoms with E-state index >= 15 is 0 Å². The summed E-state index contributed by atoms with van der Waals surface area (Å²) in [5.41, 5.74) is 7.27. The standard InChI is InChI=1S/C12H16N2O2S/c1-2-16-11(15)8-5-9-3-6-10(7-4-9)14-12(13)17/h3-4,6-7H,2,5,8H2,1H3,(H3,13,14,17). The van der Waals surface area contributed by atoms with Gasteiger partial charge in [-0.1, -0.05) is 12.1 Å². The van der Waals surface area contributed by atoms with Crippen LogP contribution in [0.2, 0.25) is 0 Å². The number of ether oxygens (including phenoxy) is 1. The van der Waals surface area contributed by atoms with Gasteiger partial charge in [-0.15, -0.1) is 0 Å². The van der Waals surface area contributed by atoms with Crippen molar-refractivity contribution in [2.75, 3.05) is 11.9 Å². The number of aryl methyl sites for hydroxylation is 1. The molecule has 3 N–H and O–H groups in total. The van der Waals surface area contributed by atoms with Crippen molar-refractivity contribution in [1.82, 2.24) is 0 Å². The molecule has 5 heteroatoms. The highest BCUT2D eigenvalue weighted by molar-refractivity contribution is 7.80. The maximum atomic E-state index is 11.2. The van der Waals surface area contributed by atoms with Crippen LogP contribution in [0.25, 0.3) is 0 Å². The van der Waals surface area contributed by atoms with Crippen LogP contribution in [0.4, 0.5) is 5.69 Å². The van der Waals surface area contributed by atoms with Crippen molar-refractivity contribution in [3.63, 3.8) is 0 Å². The van der Waals surface area contributed by atoms with Gasteiger partial charge in [0.2, 0.25) is 0 Å². The Balaban J connectivity index is 2.45. The number of hydrogen-bond donors (Lipinski definition) is 2. The Hall–Kier alpha value is -1.62. The molecule has 0 aliphatic rings. The zero-order valence-electron chi connectivity index (χ0n) is 9.73. The highest BCUT2D eigenvalue weighted by Crippen LogP contribution is 2.11. The molecule has 1 aromatic carbocycles. The third-order valence-electron chi connectivity index (χ3n) is 2.14. The molecule has 0 saturated heterocycles. The van der Waals surface area contributed by atoms with E-state index in [9.17, 15) is 4.79 Å². The van der Waals surface area contributed by atoms with Crippen LogP contribution in [0, 0.1) is 0 Å². The molecular weight excluding hydrogens is 236 g/mol. The van der Waals surface area contributed by atoms with Gasteiger partial charge in [0.25, 0.3) is 0 Å². The highest BCUT2D eigenvalue weighted by Gasteiger charge is 2.02. The summed E-state index contributed by atoms with van der Waals surface area (Å²) in [5, 5.41) is 3.07. The van der Waals surface area contributed by atoms with E-state index in [0.717, 1.165) is 11.3 Å². The number of thiocarbonyl (C=S) groups is 1. The van der Waals surface area contributed by atoms with Crippen molar-refractivity contribution in [3.8, 4) is 0 Å². The molecule has 0 aliphatic carbocycles. The molecule has 0 atom stereocenters. The quantitative estimate of drug-likeness (QED) is 0.618. The lowest BCUT2D eigenvalue weighted by atomic mass is 10.1. The summed E-state index contributed by atoms with van der Waals surface area (Å²) in [6, 6.07) is 7.61. The molecule has 0 aliphatic heterocycles. The Labute approximate surface area is 106 Å². The smallest absolute Gasteiger partial charge is 0.306 e. The molecule has 92 valence electrons. The van der Waals surface area contributed by atoms with Crippen LogP contribution >= 0.6 is 12.2 Å². The predicted molar refractivity (Wildman–Crippen MR) is 71.8 cm³/mol. The lowest BCUT2D eigenvalue weighted by Gasteiger charge is -2.05. The van der Waals surface area contributed by atoms with E-state index < -0.39 is 0 Å². The average molecular weight is 252 g/mol. The van der Waals surface area contributed by atoms with Gasteiger partial charge in [0.1, 0.15) is 0 Å². The molecule has 4 nitrogen and oxygen atoms in total. The van der Waals surface area contributed by atoms with E-state index in [2.05, 4.69) is 5.32 Å². The zero-order valence-corrected chi connectivity index (χ0v) is 10.5. The van der Waals surface area contributed by atoms with Gasteiger partial charge in [-0.05, 0) is 43.3 Å². The van der Waals surface area contributed by atoms with Gasteiger partial charge < -0.3 is 15.8 Å². The maximum absolute atomic E-state index is 11.2. The maximum Gasteiger partial charge on any atom is 0.306 e. The van der Waals surface area contributed by atoms with Crippen molar-refractivity contribution in [2.45, 2.75) is 19.8 Å². The van der Waals surface area contributed by atoms with Crippen LogP contribution < -0.4 is 11.1 Å². The van der Waals surface area contributed by atoms with Crippen molar-refractivity contribution in [1.29, 1.82) is 0 Å². The normalized spacial score (nSPS) is 9.71. The minimum atomic E-state index is -0.169. The Kier molecular flexibility index (Phi) is 5.42. The molecule has 0 spiro atoms. The summed E-state index contributed by atoms with van der Waals surface area (Å²) in [7, 11) is 0. The minimum absolute atomic E-state index is 0.169. The van der Waals surface area contributed by atoms with Gasteiger partial charge in [0.05, 0.1) is 6.61 Å². The Morgan fingerprint density at radius 2 is 2.06 bits per heavy atom. The molecule has 0 unspecified atom stereocenters. The summed E-state index contributed by atoms with van der Waals surface area (Å²) in [4.78, 5) is 11.2. The number of nitrogens with one attached hydrogen (secondary N) is 1. The average Bonchev–Trinajstić information content (AvgIpc) is 2.28. The summed E-state index contributed by atoms with van der Waals surface area (Å²) < 4.78 is 4.86. The number of carbonyl (C=O) groups excluding carboxylic acids is 1. The van der Waals surface area contributed by atoms with Gasteiger partial charge in [-0.25, -0.2) is 0 Å². The van der Waals surface area contributed by atoms with E-state index in [1.165, 1.54) is 0 Å². The van der Waals surface area contributed by atoms with Crippen LogP contribution in [-0.2, 0) is 16.0 Å². The third-order valence-corrected chi connectivity index (χ3v) is 2.25. The molecule has 0 bridgehead atoms. The molecular formula is C12H16N2O2S. The Morgan fingerprint density at radius 1 is 1.41 bits per heavy atom. The molecule has 0 aromatic heterocycles. The number of anilines is 1. The molecule has 0 radical (unpaired) electrons. The third kappa shape index (κ3) is 5.31. The SMILES string of the molecule is CCOC(=O)CCc1ccc(NC(N)=S)cc1. The number of hydrogen-bond acceptors (Lipinski definition) is 3. The van der Waals surface area contributed by atoms with Crippen molar-refractivity contribution >= 4 is 29.0 Å². The van der Waals surface area contributed by atoms with Gasteiger partial charge in [0, 0.05) is 12.1 Å². The molecule has 0 saturated carbocycles. The molecule has 0 amide bonds. The summed E-state index contributed by atoms with van der Waals surface area (Å²) in [6.45, 7) is 2.23. The van der Waals surface area contributed by atoms with E-state index in [1.54, 1.807) is 6.92 Å². The Morgan fingerprint density at radius 3 is 2.59 bits per heavy atom. The first-order chi connectivity index (χ1) is 8.11. The van der Waals surface area contributed by atoms with E-state index in [-0.39, 0.29) is 11.1 Å². The first-order valence-corrected chi connectivity index (χ1v) is 5.83. The van der Waals surface area contributed by atoms with Gasteiger partial charge in [-0.2, -0.15) is 0 Å². The fourth-order valence-corrected chi connectivity index (χ4v) is 1.49. The Bertz CT molecular complexity index is 390. The van der Waals surface area contributed by atoms with Crippen LogP contribution in [0.3, 0.4) is 0 Å². The molecule has 1 aromatic rings. The topological polar surface area (TPSA) is 64.3 Å². The summed E-state index contributed by atoms with van der Waals surface area (Å²) in [5.74, 6) is -0.169. The van der Waals surface area contributed by atoms with Crippen LogP contribution in [0.5, 0.6) is 0 Å². The summed E-state index contributed by atoms with van der Waals surface area (Å²) in [6.07, 6.45) is 1.07. The molecule has 17 heavy (non-hydrogen) atoms. The van der Waals surface area contributed by atoms with Crippen molar-refractivity contribution < 1.29 is 9.53 Å². The van der Waals surface area contributed by atoms with Crippen molar-refractivity contribution in [3.05, 3.63) is 29.8 Å².